The molecular weight excluding hydrogens is 517 g/mol. The number of anilines is 1. The molecule has 2 rings (SSSR count). The first-order valence-corrected chi connectivity index (χ1v) is 11.1. The van der Waals surface area contributed by atoms with E-state index in [2.05, 4.69) is 45.4 Å². The predicted octanol–water partition coefficient (Wildman–Crippen LogP) is 4.12. The topological polar surface area (TPSA) is 82.0 Å². The second-order valence-corrected chi connectivity index (χ2v) is 7.52. The van der Waals surface area contributed by atoms with Gasteiger partial charge in [0.05, 0.1) is 18.8 Å². The average Bonchev–Trinajstić information content (AvgIpc) is 2.77. The minimum atomic E-state index is -0.646. The molecule has 2 aromatic rings. The van der Waals surface area contributed by atoms with Crippen LogP contribution in [0.25, 0.3) is 0 Å². The Morgan fingerprint density at radius 3 is 2.28 bits per heavy atom. The number of pyridine rings is 1. The first-order chi connectivity index (χ1) is 15.0. The molecule has 7 nitrogen and oxygen atoms in total. The van der Waals surface area contributed by atoms with Crippen molar-refractivity contribution in [2.45, 2.75) is 53.4 Å². The number of nitrogens with one attached hydrogen (secondary N) is 2. The quantitative estimate of drug-likeness (QED) is 0.220. The molecule has 1 unspecified atom stereocenters. The largest absolute Gasteiger partial charge is 0.491 e. The van der Waals surface area contributed by atoms with Gasteiger partial charge < -0.3 is 25.4 Å². The average molecular weight is 556 g/mol. The van der Waals surface area contributed by atoms with Crippen molar-refractivity contribution in [1.29, 1.82) is 0 Å². The lowest BCUT2D eigenvalue weighted by Gasteiger charge is -2.19. The highest BCUT2D eigenvalue weighted by Crippen LogP contribution is 2.18. The smallest absolute Gasteiger partial charge is 0.191 e. The molecule has 32 heavy (non-hydrogen) atoms. The molecule has 0 aliphatic carbocycles. The molecule has 0 spiro atoms. The van der Waals surface area contributed by atoms with E-state index < -0.39 is 6.10 Å². The Balaban J connectivity index is 0.00000512. The molecule has 0 aliphatic rings. The van der Waals surface area contributed by atoms with E-state index in [4.69, 9.17) is 4.74 Å². The van der Waals surface area contributed by atoms with E-state index >= 15 is 0 Å². The molecular formula is C24H38IN5O2. The number of aliphatic hydroxyl groups excluding tert-OH is 1. The SMILES string of the molecule is CCNC(=NCc1ccc(N(CC)CC)nc1)NCC(O)c1ccc(OC(C)C)cc1.I. The van der Waals surface area contributed by atoms with Gasteiger partial charge in [-0.1, -0.05) is 18.2 Å². The number of aliphatic hydroxyl groups is 1. The number of benzene rings is 1. The molecule has 0 saturated heterocycles. The van der Waals surface area contributed by atoms with Gasteiger partial charge in [0.15, 0.2) is 5.96 Å². The molecule has 0 fully saturated rings. The van der Waals surface area contributed by atoms with Crippen LogP contribution >= 0.6 is 24.0 Å². The summed E-state index contributed by atoms with van der Waals surface area (Å²) in [6.45, 7) is 13.7. The van der Waals surface area contributed by atoms with Crippen LogP contribution in [0.1, 0.15) is 51.8 Å². The first-order valence-electron chi connectivity index (χ1n) is 11.1. The summed E-state index contributed by atoms with van der Waals surface area (Å²) in [4.78, 5) is 11.4. The van der Waals surface area contributed by atoms with Crippen LogP contribution in [0.2, 0.25) is 0 Å². The summed E-state index contributed by atoms with van der Waals surface area (Å²) in [6, 6.07) is 11.6. The Morgan fingerprint density at radius 2 is 1.75 bits per heavy atom. The van der Waals surface area contributed by atoms with Gasteiger partial charge in [-0.15, -0.1) is 24.0 Å². The summed E-state index contributed by atoms with van der Waals surface area (Å²) in [5, 5.41) is 17.0. The lowest BCUT2D eigenvalue weighted by Crippen LogP contribution is -2.39. The predicted molar refractivity (Wildman–Crippen MR) is 143 cm³/mol. The molecule has 1 aromatic heterocycles. The van der Waals surface area contributed by atoms with Crippen molar-refractivity contribution in [2.24, 2.45) is 4.99 Å². The normalized spacial score (nSPS) is 12.2. The molecule has 178 valence electrons. The van der Waals surface area contributed by atoms with Crippen LogP contribution in [0.5, 0.6) is 5.75 Å². The monoisotopic (exact) mass is 555 g/mol. The van der Waals surface area contributed by atoms with Crippen LogP contribution in [0.3, 0.4) is 0 Å². The maximum atomic E-state index is 10.5. The molecule has 0 aliphatic heterocycles. The van der Waals surface area contributed by atoms with E-state index in [0.717, 1.165) is 42.3 Å². The minimum absolute atomic E-state index is 0. The van der Waals surface area contributed by atoms with Gasteiger partial charge in [0.2, 0.25) is 0 Å². The molecule has 0 bridgehead atoms. The molecule has 3 N–H and O–H groups in total. The molecule has 8 heteroatoms. The Kier molecular flexibility index (Phi) is 13.0. The zero-order chi connectivity index (χ0) is 22.6. The van der Waals surface area contributed by atoms with E-state index in [0.29, 0.717) is 19.0 Å². The second kappa shape index (κ2) is 14.9. The second-order valence-electron chi connectivity index (χ2n) is 7.52. The molecule has 0 saturated carbocycles. The van der Waals surface area contributed by atoms with Crippen molar-refractivity contribution < 1.29 is 9.84 Å². The van der Waals surface area contributed by atoms with E-state index in [1.54, 1.807) is 0 Å². The molecule has 1 atom stereocenters. The van der Waals surface area contributed by atoms with Crippen LogP contribution in [0.4, 0.5) is 5.82 Å². The van der Waals surface area contributed by atoms with Crippen molar-refractivity contribution in [2.75, 3.05) is 31.1 Å². The number of nitrogens with zero attached hydrogens (tertiary/aromatic N) is 3. The Labute approximate surface area is 209 Å². The fraction of sp³-hybridized carbons (Fsp3) is 0.500. The van der Waals surface area contributed by atoms with Crippen molar-refractivity contribution in [3.63, 3.8) is 0 Å². The molecule has 0 amide bonds. The molecule has 0 radical (unpaired) electrons. The fourth-order valence-electron chi connectivity index (χ4n) is 3.11. The summed E-state index contributed by atoms with van der Waals surface area (Å²) in [7, 11) is 0. The van der Waals surface area contributed by atoms with Crippen LogP contribution < -0.4 is 20.3 Å². The Bertz CT molecular complexity index is 793. The van der Waals surface area contributed by atoms with Crippen LogP contribution in [-0.2, 0) is 6.54 Å². The van der Waals surface area contributed by atoms with Gasteiger partial charge in [-0.2, -0.15) is 0 Å². The van der Waals surface area contributed by atoms with Gasteiger partial charge in [-0.25, -0.2) is 9.98 Å². The number of rotatable bonds is 11. The lowest BCUT2D eigenvalue weighted by molar-refractivity contribution is 0.180. The number of aromatic nitrogens is 1. The van der Waals surface area contributed by atoms with E-state index in [-0.39, 0.29) is 30.1 Å². The fourth-order valence-corrected chi connectivity index (χ4v) is 3.11. The lowest BCUT2D eigenvalue weighted by atomic mass is 10.1. The van der Waals surface area contributed by atoms with E-state index in [9.17, 15) is 5.11 Å². The summed E-state index contributed by atoms with van der Waals surface area (Å²) >= 11 is 0. The van der Waals surface area contributed by atoms with E-state index in [1.807, 2.05) is 57.3 Å². The third-order valence-electron chi connectivity index (χ3n) is 4.76. The highest BCUT2D eigenvalue weighted by molar-refractivity contribution is 14.0. The summed E-state index contributed by atoms with van der Waals surface area (Å²) in [5.74, 6) is 2.44. The van der Waals surface area contributed by atoms with E-state index in [1.165, 1.54) is 0 Å². The molecule has 1 heterocycles. The minimum Gasteiger partial charge on any atom is -0.491 e. The summed E-state index contributed by atoms with van der Waals surface area (Å²) in [5.41, 5.74) is 1.87. The van der Waals surface area contributed by atoms with Crippen molar-refractivity contribution in [3.05, 3.63) is 53.7 Å². The Morgan fingerprint density at radius 1 is 1.06 bits per heavy atom. The van der Waals surface area contributed by atoms with Crippen molar-refractivity contribution in [3.8, 4) is 5.75 Å². The van der Waals surface area contributed by atoms with Crippen LogP contribution in [0.15, 0.2) is 47.6 Å². The highest BCUT2D eigenvalue weighted by Gasteiger charge is 2.09. The summed E-state index contributed by atoms with van der Waals surface area (Å²) < 4.78 is 5.65. The number of ether oxygens (including phenoxy) is 1. The number of hydrogen-bond acceptors (Lipinski definition) is 5. The van der Waals surface area contributed by atoms with Gasteiger partial charge in [0.25, 0.3) is 0 Å². The third-order valence-corrected chi connectivity index (χ3v) is 4.76. The number of halogens is 1. The standard InChI is InChI=1S/C24H37N5O2.HI/c1-6-25-24(27-16-19-9-14-23(26-15-19)29(7-2)8-3)28-17-22(30)20-10-12-21(13-11-20)31-18(4)5;/h9-15,18,22,30H,6-8,16-17H2,1-5H3,(H2,25,27,28);1H. The van der Waals surface area contributed by atoms with Crippen LogP contribution in [0, 0.1) is 0 Å². The zero-order valence-electron chi connectivity index (χ0n) is 19.8. The van der Waals surface area contributed by atoms with Gasteiger partial charge in [-0.05, 0) is 63.9 Å². The van der Waals surface area contributed by atoms with Crippen molar-refractivity contribution >= 4 is 35.8 Å². The van der Waals surface area contributed by atoms with Gasteiger partial charge in [0.1, 0.15) is 11.6 Å². The third kappa shape index (κ3) is 9.20. The van der Waals surface area contributed by atoms with Gasteiger partial charge in [-0.3, -0.25) is 0 Å². The maximum Gasteiger partial charge on any atom is 0.191 e. The number of guanidine groups is 1. The maximum absolute atomic E-state index is 10.5. The molecule has 1 aromatic carbocycles. The zero-order valence-corrected chi connectivity index (χ0v) is 22.2. The highest BCUT2D eigenvalue weighted by atomic mass is 127. The van der Waals surface area contributed by atoms with Crippen molar-refractivity contribution in [1.82, 2.24) is 15.6 Å². The van der Waals surface area contributed by atoms with Gasteiger partial charge >= 0.3 is 0 Å². The number of hydrogen-bond donors (Lipinski definition) is 3. The number of aliphatic imine (C=N–C) groups is 1. The summed E-state index contributed by atoms with van der Waals surface area (Å²) in [6.07, 6.45) is 1.35. The first kappa shape index (κ1) is 28.0. The van der Waals surface area contributed by atoms with Gasteiger partial charge in [0, 0.05) is 32.4 Å². The van der Waals surface area contributed by atoms with Crippen LogP contribution in [-0.4, -0.2) is 48.3 Å². The Hall–Kier alpha value is -2.07.